The molecule has 25 heavy (non-hydrogen) atoms. The number of guanidine groups is 1. The summed E-state index contributed by atoms with van der Waals surface area (Å²) >= 11 is 0. The zero-order chi connectivity index (χ0) is 18.4. The molecule has 144 valence electrons. The summed E-state index contributed by atoms with van der Waals surface area (Å²) in [5.74, 6) is 0.595. The molecule has 1 amide bonds. The summed E-state index contributed by atoms with van der Waals surface area (Å²) in [5.41, 5.74) is 0. The Morgan fingerprint density at radius 1 is 1.24 bits per heavy atom. The quantitative estimate of drug-likeness (QED) is 0.504. The Bertz CT molecular complexity index is 585. The zero-order valence-electron chi connectivity index (χ0n) is 15.5. The van der Waals surface area contributed by atoms with Crippen LogP contribution in [0.2, 0.25) is 0 Å². The van der Waals surface area contributed by atoms with Crippen molar-refractivity contribution in [2.24, 2.45) is 4.99 Å². The number of likely N-dealkylation sites (N-methyl/N-ethyl adjacent to an activating group) is 1. The maximum Gasteiger partial charge on any atom is 0.243 e. The Morgan fingerprint density at radius 2 is 1.92 bits per heavy atom. The van der Waals surface area contributed by atoms with E-state index < -0.39 is 15.3 Å². The van der Waals surface area contributed by atoms with Crippen LogP contribution in [-0.4, -0.2) is 81.7 Å². The molecule has 9 heteroatoms. The van der Waals surface area contributed by atoms with Gasteiger partial charge in [0.2, 0.25) is 15.9 Å². The van der Waals surface area contributed by atoms with E-state index in [0.29, 0.717) is 38.1 Å². The van der Waals surface area contributed by atoms with Crippen LogP contribution in [0.4, 0.5) is 0 Å². The summed E-state index contributed by atoms with van der Waals surface area (Å²) in [6, 6.07) is 0.359. The van der Waals surface area contributed by atoms with Crippen LogP contribution in [0, 0.1) is 0 Å². The number of hydrogen-bond donors (Lipinski definition) is 2. The van der Waals surface area contributed by atoms with Crippen molar-refractivity contribution in [3.8, 4) is 0 Å². The first-order valence-electron chi connectivity index (χ1n) is 9.08. The summed E-state index contributed by atoms with van der Waals surface area (Å²) in [6.45, 7) is 3.29. The third-order valence-corrected chi connectivity index (χ3v) is 6.73. The fraction of sp³-hybridized carbons (Fsp3) is 0.875. The molecule has 1 saturated carbocycles. The molecule has 1 heterocycles. The van der Waals surface area contributed by atoms with Crippen LogP contribution in [0.15, 0.2) is 4.99 Å². The van der Waals surface area contributed by atoms with Gasteiger partial charge in [0, 0.05) is 39.8 Å². The van der Waals surface area contributed by atoms with Crippen molar-refractivity contribution < 1.29 is 13.2 Å². The van der Waals surface area contributed by atoms with E-state index in [2.05, 4.69) is 15.0 Å². The molecule has 2 N–H and O–H groups in total. The molecule has 0 aromatic heterocycles. The van der Waals surface area contributed by atoms with Crippen molar-refractivity contribution in [2.75, 3.05) is 40.3 Å². The number of aliphatic imine (C=N–C) groups is 1. The standard InChI is InChI=1S/C16H31N5O3S/c1-4-18-25(23,24)14-9-10-21(12-14)16(17-11-15(22)20(2)3)19-13-7-5-6-8-13/h13-14,18H,4-12H2,1-3H3,(H,17,19). The second kappa shape index (κ2) is 8.84. The van der Waals surface area contributed by atoms with Crippen molar-refractivity contribution in [3.63, 3.8) is 0 Å². The van der Waals surface area contributed by atoms with E-state index in [1.807, 2.05) is 4.90 Å². The topological polar surface area (TPSA) is 94.1 Å². The minimum Gasteiger partial charge on any atom is -0.353 e. The maximum absolute atomic E-state index is 12.2. The smallest absolute Gasteiger partial charge is 0.243 e. The monoisotopic (exact) mass is 373 g/mol. The average Bonchev–Trinajstić information content (AvgIpc) is 3.22. The number of rotatable bonds is 6. The summed E-state index contributed by atoms with van der Waals surface area (Å²) < 4.78 is 27.1. The first kappa shape index (κ1) is 20.0. The Morgan fingerprint density at radius 3 is 2.52 bits per heavy atom. The zero-order valence-corrected chi connectivity index (χ0v) is 16.3. The van der Waals surface area contributed by atoms with Gasteiger partial charge in [0.1, 0.15) is 6.54 Å². The molecule has 0 radical (unpaired) electrons. The van der Waals surface area contributed by atoms with Crippen LogP contribution in [0.25, 0.3) is 0 Å². The molecule has 1 unspecified atom stereocenters. The summed E-state index contributed by atoms with van der Waals surface area (Å²) in [7, 11) is 0.112. The van der Waals surface area contributed by atoms with E-state index >= 15 is 0 Å². The molecular formula is C16H31N5O3S. The highest BCUT2D eigenvalue weighted by atomic mass is 32.2. The number of hydrogen-bond acceptors (Lipinski definition) is 4. The molecule has 0 spiro atoms. The molecule has 1 aliphatic carbocycles. The molecule has 0 aromatic rings. The molecule has 2 fully saturated rings. The lowest BCUT2D eigenvalue weighted by Gasteiger charge is -2.25. The molecule has 2 rings (SSSR count). The third-order valence-electron chi connectivity index (χ3n) is 4.78. The van der Waals surface area contributed by atoms with Crippen LogP contribution in [0.3, 0.4) is 0 Å². The Labute approximate surface area is 151 Å². The molecular weight excluding hydrogens is 342 g/mol. The van der Waals surface area contributed by atoms with E-state index in [1.165, 1.54) is 17.7 Å². The number of carbonyl (C=O) groups excluding carboxylic acids is 1. The van der Waals surface area contributed by atoms with Crippen LogP contribution < -0.4 is 10.0 Å². The van der Waals surface area contributed by atoms with E-state index in [1.54, 1.807) is 21.0 Å². The van der Waals surface area contributed by atoms with E-state index in [4.69, 9.17) is 0 Å². The molecule has 1 atom stereocenters. The predicted molar refractivity (Wildman–Crippen MR) is 99.0 cm³/mol. The lowest BCUT2D eigenvalue weighted by atomic mass is 10.2. The molecule has 2 aliphatic rings. The van der Waals surface area contributed by atoms with Crippen molar-refractivity contribution in [1.29, 1.82) is 0 Å². The normalized spacial score (nSPS) is 22.4. The third kappa shape index (κ3) is 5.57. The van der Waals surface area contributed by atoms with E-state index in [-0.39, 0.29) is 12.5 Å². The van der Waals surface area contributed by atoms with Gasteiger partial charge >= 0.3 is 0 Å². The number of carbonyl (C=O) groups is 1. The fourth-order valence-corrected chi connectivity index (χ4v) is 4.70. The lowest BCUT2D eigenvalue weighted by molar-refractivity contribution is -0.127. The van der Waals surface area contributed by atoms with Crippen molar-refractivity contribution in [1.82, 2.24) is 19.8 Å². The molecule has 0 aromatic carbocycles. The van der Waals surface area contributed by atoms with E-state index in [0.717, 1.165) is 12.8 Å². The summed E-state index contributed by atoms with van der Waals surface area (Å²) in [6.07, 6.45) is 5.14. The largest absolute Gasteiger partial charge is 0.353 e. The van der Waals surface area contributed by atoms with Gasteiger partial charge in [0.05, 0.1) is 5.25 Å². The van der Waals surface area contributed by atoms with Gasteiger partial charge in [-0.1, -0.05) is 19.8 Å². The van der Waals surface area contributed by atoms with Gasteiger partial charge in [0.25, 0.3) is 0 Å². The lowest BCUT2D eigenvalue weighted by Crippen LogP contribution is -2.46. The Hall–Kier alpha value is -1.35. The second-order valence-electron chi connectivity index (χ2n) is 6.95. The highest BCUT2D eigenvalue weighted by molar-refractivity contribution is 7.90. The summed E-state index contributed by atoms with van der Waals surface area (Å²) in [5, 5.41) is 3.01. The second-order valence-corrected chi connectivity index (χ2v) is 9.00. The van der Waals surface area contributed by atoms with Gasteiger partial charge < -0.3 is 15.1 Å². The summed E-state index contributed by atoms with van der Waals surface area (Å²) in [4.78, 5) is 19.8. The van der Waals surface area contributed by atoms with Crippen LogP contribution in [0.5, 0.6) is 0 Å². The highest BCUT2D eigenvalue weighted by Crippen LogP contribution is 2.20. The first-order valence-corrected chi connectivity index (χ1v) is 10.6. The number of nitrogens with one attached hydrogen (secondary N) is 2. The van der Waals surface area contributed by atoms with Crippen LogP contribution in [-0.2, 0) is 14.8 Å². The highest BCUT2D eigenvalue weighted by Gasteiger charge is 2.34. The van der Waals surface area contributed by atoms with Crippen LogP contribution >= 0.6 is 0 Å². The predicted octanol–water partition coefficient (Wildman–Crippen LogP) is -0.0236. The minimum absolute atomic E-state index is 0.0678. The van der Waals surface area contributed by atoms with Gasteiger partial charge in [-0.15, -0.1) is 0 Å². The molecule has 1 aliphatic heterocycles. The molecule has 1 saturated heterocycles. The van der Waals surface area contributed by atoms with Crippen LogP contribution in [0.1, 0.15) is 39.0 Å². The van der Waals surface area contributed by atoms with Gasteiger partial charge in [-0.2, -0.15) is 0 Å². The average molecular weight is 374 g/mol. The van der Waals surface area contributed by atoms with E-state index in [9.17, 15) is 13.2 Å². The van der Waals surface area contributed by atoms with Gasteiger partial charge in [0.15, 0.2) is 5.96 Å². The minimum atomic E-state index is -3.30. The van der Waals surface area contributed by atoms with Gasteiger partial charge in [-0.3, -0.25) is 4.79 Å². The SMILES string of the molecule is CCNS(=O)(=O)C1CCN(C(=NCC(=O)N(C)C)NC2CCCC2)C1. The number of nitrogens with zero attached hydrogens (tertiary/aromatic N) is 3. The van der Waals surface area contributed by atoms with Crippen molar-refractivity contribution >= 4 is 21.9 Å². The number of sulfonamides is 1. The Kier molecular flexibility index (Phi) is 7.06. The van der Waals surface area contributed by atoms with Gasteiger partial charge in [-0.05, 0) is 19.3 Å². The molecule has 0 bridgehead atoms. The first-order chi connectivity index (χ1) is 11.8. The number of likely N-dealkylation sites (tertiary alicyclic amines) is 1. The fourth-order valence-electron chi connectivity index (χ4n) is 3.27. The number of amides is 1. The Balaban J connectivity index is 2.06. The molecule has 8 nitrogen and oxygen atoms in total. The van der Waals surface area contributed by atoms with Crippen molar-refractivity contribution in [2.45, 2.75) is 50.3 Å². The van der Waals surface area contributed by atoms with Crippen molar-refractivity contribution in [3.05, 3.63) is 0 Å². The van der Waals surface area contributed by atoms with Gasteiger partial charge in [-0.25, -0.2) is 18.1 Å². The maximum atomic E-state index is 12.2.